The number of rotatable bonds is 16. The fourth-order valence-corrected chi connectivity index (χ4v) is 3.12. The van der Waals surface area contributed by atoms with Crippen LogP contribution in [0.2, 0.25) is 5.02 Å². The average Bonchev–Trinajstić information content (AvgIpc) is 2.68. The quantitative estimate of drug-likeness (QED) is 0.238. The highest BCUT2D eigenvalue weighted by Gasteiger charge is 2.07. The van der Waals surface area contributed by atoms with Gasteiger partial charge in [0.2, 0.25) is 5.91 Å². The molecule has 0 heterocycles. The van der Waals surface area contributed by atoms with Gasteiger partial charge in [-0.3, -0.25) is 9.59 Å². The third kappa shape index (κ3) is 13.6. The number of ether oxygens (including phenoxy) is 1. The van der Waals surface area contributed by atoms with E-state index in [9.17, 15) is 9.59 Å². The second-order valence-corrected chi connectivity index (χ2v) is 7.75. The number of hydrogen-bond acceptors (Lipinski definition) is 3. The molecule has 158 valence electrons. The summed E-state index contributed by atoms with van der Waals surface area (Å²) in [5, 5.41) is 3.41. The monoisotopic (exact) mass is 409 g/mol. The summed E-state index contributed by atoms with van der Waals surface area (Å²) in [6.07, 6.45) is 13.7. The Kier molecular flexibility index (Phi) is 14.4. The average molecular weight is 410 g/mol. The number of nitrogens with one attached hydrogen (secondary N) is 1. The second kappa shape index (κ2) is 16.4. The van der Waals surface area contributed by atoms with Gasteiger partial charge in [0, 0.05) is 23.6 Å². The molecule has 1 N–H and O–H groups in total. The molecule has 0 aliphatic rings. The van der Waals surface area contributed by atoms with E-state index in [0.717, 1.165) is 12.8 Å². The van der Waals surface area contributed by atoms with Crippen molar-refractivity contribution in [2.24, 2.45) is 0 Å². The number of carbonyl (C=O) groups is 2. The van der Waals surface area contributed by atoms with Crippen molar-refractivity contribution < 1.29 is 14.3 Å². The third-order valence-corrected chi connectivity index (χ3v) is 4.93. The van der Waals surface area contributed by atoms with E-state index in [1.807, 2.05) is 0 Å². The van der Waals surface area contributed by atoms with Crippen molar-refractivity contribution in [1.29, 1.82) is 0 Å². The topological polar surface area (TPSA) is 55.4 Å². The van der Waals surface area contributed by atoms with Crippen molar-refractivity contribution in [2.45, 2.75) is 90.4 Å². The van der Waals surface area contributed by atoms with Crippen LogP contribution in [-0.4, -0.2) is 18.5 Å². The van der Waals surface area contributed by atoms with Crippen LogP contribution in [0.1, 0.15) is 90.4 Å². The van der Waals surface area contributed by atoms with Gasteiger partial charge in [-0.15, -0.1) is 0 Å². The second-order valence-electron chi connectivity index (χ2n) is 7.31. The maximum atomic E-state index is 11.8. The first-order chi connectivity index (χ1) is 13.6. The fourth-order valence-electron chi connectivity index (χ4n) is 3.00. The van der Waals surface area contributed by atoms with E-state index >= 15 is 0 Å². The van der Waals surface area contributed by atoms with E-state index in [1.165, 1.54) is 51.4 Å². The molecule has 1 aromatic rings. The molecule has 0 saturated carbocycles. The molecule has 1 amide bonds. The van der Waals surface area contributed by atoms with E-state index in [-0.39, 0.29) is 18.3 Å². The molecule has 0 fully saturated rings. The zero-order valence-electron chi connectivity index (χ0n) is 17.3. The van der Waals surface area contributed by atoms with Gasteiger partial charge in [0.25, 0.3) is 0 Å². The molecule has 0 radical (unpaired) electrons. The van der Waals surface area contributed by atoms with E-state index in [4.69, 9.17) is 16.3 Å². The standard InChI is InChI=1S/C23H36ClNO3/c1-2-3-4-5-6-7-8-9-10-11-19-28-23(27)14-12-13-22(26)25-21-17-15-20(24)16-18-21/h15-18H,2-14,19H2,1H3,(H,25,26). The summed E-state index contributed by atoms with van der Waals surface area (Å²) < 4.78 is 5.24. The Balaban J connectivity index is 1.91. The van der Waals surface area contributed by atoms with E-state index in [0.29, 0.717) is 30.2 Å². The molecule has 0 unspecified atom stereocenters. The number of halogens is 1. The highest BCUT2D eigenvalue weighted by Crippen LogP contribution is 2.14. The highest BCUT2D eigenvalue weighted by atomic mass is 35.5. The Morgan fingerprint density at radius 1 is 0.821 bits per heavy atom. The van der Waals surface area contributed by atoms with E-state index in [1.54, 1.807) is 24.3 Å². The van der Waals surface area contributed by atoms with Crippen molar-refractivity contribution >= 4 is 29.2 Å². The third-order valence-electron chi connectivity index (χ3n) is 4.67. The Morgan fingerprint density at radius 2 is 1.39 bits per heavy atom. The van der Waals surface area contributed by atoms with Crippen molar-refractivity contribution in [3.8, 4) is 0 Å². The zero-order chi connectivity index (χ0) is 20.5. The number of amides is 1. The van der Waals surface area contributed by atoms with Gasteiger partial charge < -0.3 is 10.1 Å². The van der Waals surface area contributed by atoms with Crippen molar-refractivity contribution in [1.82, 2.24) is 0 Å². The Bertz CT molecular complexity index is 545. The predicted molar refractivity (Wildman–Crippen MR) is 117 cm³/mol. The molecule has 0 aliphatic heterocycles. The lowest BCUT2D eigenvalue weighted by Gasteiger charge is -2.06. The molecule has 0 atom stereocenters. The van der Waals surface area contributed by atoms with Gasteiger partial charge in [0.15, 0.2) is 0 Å². The summed E-state index contributed by atoms with van der Waals surface area (Å²) >= 11 is 5.81. The summed E-state index contributed by atoms with van der Waals surface area (Å²) in [6.45, 7) is 2.73. The highest BCUT2D eigenvalue weighted by molar-refractivity contribution is 6.30. The van der Waals surface area contributed by atoms with Crippen LogP contribution in [-0.2, 0) is 14.3 Å². The van der Waals surface area contributed by atoms with Crippen LogP contribution in [0, 0.1) is 0 Å². The number of hydrogen-bond donors (Lipinski definition) is 1. The molecule has 0 aliphatic carbocycles. The van der Waals surface area contributed by atoms with Crippen molar-refractivity contribution in [3.05, 3.63) is 29.3 Å². The summed E-state index contributed by atoms with van der Waals surface area (Å²) in [6, 6.07) is 6.95. The van der Waals surface area contributed by atoms with Gasteiger partial charge in [-0.25, -0.2) is 0 Å². The van der Waals surface area contributed by atoms with Crippen LogP contribution >= 0.6 is 11.6 Å². The minimum absolute atomic E-state index is 0.107. The van der Waals surface area contributed by atoms with Gasteiger partial charge in [0.1, 0.15) is 0 Å². The number of carbonyl (C=O) groups excluding carboxylic acids is 2. The smallest absolute Gasteiger partial charge is 0.305 e. The zero-order valence-corrected chi connectivity index (χ0v) is 18.1. The van der Waals surface area contributed by atoms with Crippen LogP contribution in [0.5, 0.6) is 0 Å². The van der Waals surface area contributed by atoms with Gasteiger partial charge >= 0.3 is 5.97 Å². The Labute approximate surface area is 175 Å². The van der Waals surface area contributed by atoms with Gasteiger partial charge in [-0.05, 0) is 37.1 Å². The first-order valence-corrected chi connectivity index (χ1v) is 11.2. The minimum Gasteiger partial charge on any atom is -0.466 e. The summed E-state index contributed by atoms with van der Waals surface area (Å²) in [4.78, 5) is 23.6. The Hall–Kier alpha value is -1.55. The maximum Gasteiger partial charge on any atom is 0.305 e. The van der Waals surface area contributed by atoms with Crippen molar-refractivity contribution in [3.63, 3.8) is 0 Å². The SMILES string of the molecule is CCCCCCCCCCCCOC(=O)CCCC(=O)Nc1ccc(Cl)cc1. The lowest BCUT2D eigenvalue weighted by atomic mass is 10.1. The summed E-state index contributed by atoms with van der Waals surface area (Å²) in [5.41, 5.74) is 0.706. The number of benzene rings is 1. The van der Waals surface area contributed by atoms with Crippen LogP contribution < -0.4 is 5.32 Å². The molecule has 0 spiro atoms. The van der Waals surface area contributed by atoms with Gasteiger partial charge in [-0.1, -0.05) is 76.3 Å². The molecule has 0 aromatic heterocycles. The van der Waals surface area contributed by atoms with E-state index < -0.39 is 0 Å². The lowest BCUT2D eigenvalue weighted by molar-refractivity contribution is -0.143. The normalized spacial score (nSPS) is 10.6. The van der Waals surface area contributed by atoms with Gasteiger partial charge in [0.05, 0.1) is 6.61 Å². The molecule has 0 saturated heterocycles. The van der Waals surface area contributed by atoms with Crippen LogP contribution in [0.4, 0.5) is 5.69 Å². The number of anilines is 1. The first-order valence-electron chi connectivity index (χ1n) is 10.8. The van der Waals surface area contributed by atoms with E-state index in [2.05, 4.69) is 12.2 Å². The molecule has 1 rings (SSSR count). The lowest BCUT2D eigenvalue weighted by Crippen LogP contribution is -2.12. The van der Waals surface area contributed by atoms with Gasteiger partial charge in [-0.2, -0.15) is 0 Å². The number of unbranched alkanes of at least 4 members (excludes halogenated alkanes) is 9. The first kappa shape index (κ1) is 24.5. The fraction of sp³-hybridized carbons (Fsp3) is 0.652. The molecule has 28 heavy (non-hydrogen) atoms. The Morgan fingerprint density at radius 3 is 2.00 bits per heavy atom. The molecular weight excluding hydrogens is 374 g/mol. The largest absolute Gasteiger partial charge is 0.466 e. The predicted octanol–water partition coefficient (Wildman–Crippen LogP) is 6.91. The van der Waals surface area contributed by atoms with Crippen molar-refractivity contribution in [2.75, 3.05) is 11.9 Å². The molecule has 0 bridgehead atoms. The van der Waals surface area contributed by atoms with Crippen LogP contribution in [0.3, 0.4) is 0 Å². The molecule has 4 nitrogen and oxygen atoms in total. The molecule has 5 heteroatoms. The molecule has 1 aromatic carbocycles. The number of esters is 1. The minimum atomic E-state index is -0.213. The van der Waals surface area contributed by atoms with Crippen LogP contribution in [0.25, 0.3) is 0 Å². The maximum absolute atomic E-state index is 11.8. The molecular formula is C23H36ClNO3. The summed E-state index contributed by atoms with van der Waals surface area (Å²) in [7, 11) is 0. The summed E-state index contributed by atoms with van der Waals surface area (Å²) in [5.74, 6) is -0.319. The van der Waals surface area contributed by atoms with Crippen LogP contribution in [0.15, 0.2) is 24.3 Å².